The summed E-state index contributed by atoms with van der Waals surface area (Å²) in [5, 5.41) is 13.3. The van der Waals surface area contributed by atoms with Gasteiger partial charge in [-0.15, -0.1) is 0 Å². The molecule has 31 heavy (non-hydrogen) atoms. The SMILES string of the molecule is COc1cc(Nc2cc([C@H]3CC[C@@H](OC(=O)NC(C)C)C3)[nH]n2)ccc1NS(C)(=O)=O. The van der Waals surface area contributed by atoms with E-state index >= 15 is 0 Å². The molecular weight excluding hydrogens is 422 g/mol. The van der Waals surface area contributed by atoms with Crippen molar-refractivity contribution in [2.75, 3.05) is 23.4 Å². The molecule has 2 aromatic rings. The van der Waals surface area contributed by atoms with E-state index in [0.29, 0.717) is 22.9 Å². The van der Waals surface area contributed by atoms with Gasteiger partial charge in [0.25, 0.3) is 0 Å². The minimum absolute atomic E-state index is 0.0424. The highest BCUT2D eigenvalue weighted by atomic mass is 32.2. The molecule has 1 fully saturated rings. The molecule has 170 valence electrons. The van der Waals surface area contributed by atoms with Crippen LogP contribution in [0, 0.1) is 0 Å². The number of nitrogens with one attached hydrogen (secondary N) is 4. The third-order valence-electron chi connectivity index (χ3n) is 4.87. The van der Waals surface area contributed by atoms with Crippen LogP contribution in [0.25, 0.3) is 0 Å². The third kappa shape index (κ3) is 6.51. The van der Waals surface area contributed by atoms with Crippen LogP contribution in [0.2, 0.25) is 0 Å². The topological polar surface area (TPSA) is 134 Å². The minimum Gasteiger partial charge on any atom is -0.494 e. The number of carbonyl (C=O) groups is 1. The van der Waals surface area contributed by atoms with Gasteiger partial charge in [0.15, 0.2) is 5.82 Å². The van der Waals surface area contributed by atoms with Gasteiger partial charge < -0.3 is 20.1 Å². The van der Waals surface area contributed by atoms with E-state index in [1.807, 2.05) is 19.9 Å². The quantitative estimate of drug-likeness (QED) is 0.484. The Morgan fingerprint density at radius 2 is 2.03 bits per heavy atom. The van der Waals surface area contributed by atoms with Crippen LogP contribution >= 0.6 is 0 Å². The number of carbonyl (C=O) groups excluding carboxylic acids is 1. The number of aromatic amines is 1. The number of aromatic nitrogens is 2. The van der Waals surface area contributed by atoms with E-state index in [0.717, 1.165) is 31.2 Å². The van der Waals surface area contributed by atoms with Crippen LogP contribution in [0.3, 0.4) is 0 Å². The van der Waals surface area contributed by atoms with Gasteiger partial charge >= 0.3 is 6.09 Å². The van der Waals surface area contributed by atoms with Gasteiger partial charge in [0.1, 0.15) is 11.9 Å². The zero-order chi connectivity index (χ0) is 22.6. The number of rotatable bonds is 8. The number of hydrogen-bond donors (Lipinski definition) is 4. The van der Waals surface area contributed by atoms with E-state index in [1.54, 1.807) is 18.2 Å². The van der Waals surface area contributed by atoms with Crippen LogP contribution in [-0.2, 0) is 14.8 Å². The van der Waals surface area contributed by atoms with Crippen LogP contribution in [0.1, 0.15) is 44.7 Å². The average molecular weight is 452 g/mol. The largest absolute Gasteiger partial charge is 0.494 e. The molecule has 4 N–H and O–H groups in total. The molecule has 0 radical (unpaired) electrons. The van der Waals surface area contributed by atoms with Crippen LogP contribution in [0.15, 0.2) is 24.3 Å². The van der Waals surface area contributed by atoms with Gasteiger partial charge in [-0.2, -0.15) is 5.10 Å². The fourth-order valence-corrected chi connectivity index (χ4v) is 4.13. The van der Waals surface area contributed by atoms with Crippen molar-refractivity contribution in [3.05, 3.63) is 30.0 Å². The standard InChI is InChI=1S/C20H29N5O5S/c1-12(2)21-20(26)30-15-7-5-13(9-15)17-11-19(24-23-17)22-14-6-8-16(18(10-14)29-3)25-31(4,27)28/h6,8,10-13,15,25H,5,7,9H2,1-4H3,(H,21,26)(H2,22,23,24)/t13-,15+/m0/s1. The number of methoxy groups -OCH3 is 1. The van der Waals surface area contributed by atoms with Gasteiger partial charge in [0, 0.05) is 35.5 Å². The van der Waals surface area contributed by atoms with Crippen molar-refractivity contribution < 1.29 is 22.7 Å². The second-order valence-corrected chi connectivity index (χ2v) is 9.71. The first-order valence-corrected chi connectivity index (χ1v) is 12.0. The van der Waals surface area contributed by atoms with Gasteiger partial charge in [-0.25, -0.2) is 13.2 Å². The molecule has 1 saturated carbocycles. The maximum atomic E-state index is 11.8. The molecule has 3 rings (SSSR count). The number of ether oxygens (including phenoxy) is 2. The van der Waals surface area contributed by atoms with Gasteiger partial charge in [0.05, 0.1) is 19.1 Å². The first-order valence-electron chi connectivity index (χ1n) is 10.1. The summed E-state index contributed by atoms with van der Waals surface area (Å²) < 4.78 is 36.1. The van der Waals surface area contributed by atoms with Crippen molar-refractivity contribution in [3.63, 3.8) is 0 Å². The number of amides is 1. The first-order chi connectivity index (χ1) is 14.6. The molecule has 2 atom stereocenters. The van der Waals surface area contributed by atoms with E-state index < -0.39 is 10.0 Å². The number of benzene rings is 1. The molecule has 0 spiro atoms. The summed E-state index contributed by atoms with van der Waals surface area (Å²) in [5.74, 6) is 1.25. The first kappa shape index (κ1) is 22.7. The molecular formula is C20H29N5O5S. The lowest BCUT2D eigenvalue weighted by Gasteiger charge is -2.14. The highest BCUT2D eigenvalue weighted by Crippen LogP contribution is 2.36. The van der Waals surface area contributed by atoms with E-state index in [9.17, 15) is 13.2 Å². The molecule has 0 saturated heterocycles. The second-order valence-electron chi connectivity index (χ2n) is 7.96. The normalized spacial score (nSPS) is 18.6. The van der Waals surface area contributed by atoms with E-state index in [1.165, 1.54) is 7.11 Å². The van der Waals surface area contributed by atoms with Crippen LogP contribution in [-0.4, -0.2) is 50.2 Å². The molecule has 1 amide bonds. The van der Waals surface area contributed by atoms with Gasteiger partial charge in [-0.3, -0.25) is 9.82 Å². The molecule has 0 unspecified atom stereocenters. The number of hydrogen-bond acceptors (Lipinski definition) is 7. The Balaban J connectivity index is 1.61. The summed E-state index contributed by atoms with van der Waals surface area (Å²) >= 11 is 0. The lowest BCUT2D eigenvalue weighted by Crippen LogP contribution is -2.33. The molecule has 0 bridgehead atoms. The molecule has 1 heterocycles. The number of alkyl carbamates (subject to hydrolysis) is 1. The highest BCUT2D eigenvalue weighted by Gasteiger charge is 2.30. The van der Waals surface area contributed by atoms with Crippen molar-refractivity contribution in [2.45, 2.75) is 51.2 Å². The van der Waals surface area contributed by atoms with Crippen molar-refractivity contribution in [1.29, 1.82) is 0 Å². The summed E-state index contributed by atoms with van der Waals surface area (Å²) in [6.45, 7) is 3.78. The zero-order valence-electron chi connectivity index (χ0n) is 18.1. The molecule has 1 aromatic carbocycles. The van der Waals surface area contributed by atoms with Crippen LogP contribution < -0.4 is 20.1 Å². The number of anilines is 3. The maximum absolute atomic E-state index is 11.8. The third-order valence-corrected chi connectivity index (χ3v) is 5.46. The summed E-state index contributed by atoms with van der Waals surface area (Å²) in [4.78, 5) is 11.8. The predicted octanol–water partition coefficient (Wildman–Crippen LogP) is 3.30. The lowest BCUT2D eigenvalue weighted by molar-refractivity contribution is 0.0981. The Kier molecular flexibility index (Phi) is 6.94. The summed E-state index contributed by atoms with van der Waals surface area (Å²) in [6, 6.07) is 7.01. The van der Waals surface area contributed by atoms with E-state index in [-0.39, 0.29) is 24.2 Å². The summed E-state index contributed by atoms with van der Waals surface area (Å²) in [7, 11) is -1.94. The van der Waals surface area contributed by atoms with Crippen molar-refractivity contribution in [3.8, 4) is 5.75 Å². The zero-order valence-corrected chi connectivity index (χ0v) is 18.9. The molecule has 10 nitrogen and oxygen atoms in total. The lowest BCUT2D eigenvalue weighted by atomic mass is 10.0. The monoisotopic (exact) mass is 451 g/mol. The van der Waals surface area contributed by atoms with Crippen molar-refractivity contribution >= 4 is 33.3 Å². The van der Waals surface area contributed by atoms with Crippen molar-refractivity contribution in [2.24, 2.45) is 0 Å². The average Bonchev–Trinajstić information content (AvgIpc) is 3.30. The summed E-state index contributed by atoms with van der Waals surface area (Å²) in [5.41, 5.74) is 2.03. The molecule has 0 aliphatic heterocycles. The second kappa shape index (κ2) is 9.46. The molecule has 1 aliphatic rings. The van der Waals surface area contributed by atoms with E-state index in [2.05, 4.69) is 25.6 Å². The number of H-pyrrole nitrogens is 1. The fraction of sp³-hybridized carbons (Fsp3) is 0.500. The molecule has 1 aromatic heterocycles. The van der Waals surface area contributed by atoms with Crippen LogP contribution in [0.5, 0.6) is 5.75 Å². The fourth-order valence-electron chi connectivity index (χ4n) is 3.56. The predicted molar refractivity (Wildman–Crippen MR) is 118 cm³/mol. The minimum atomic E-state index is -3.41. The number of sulfonamides is 1. The number of nitrogens with zero attached hydrogens (tertiary/aromatic N) is 1. The van der Waals surface area contributed by atoms with Crippen molar-refractivity contribution in [1.82, 2.24) is 15.5 Å². The van der Waals surface area contributed by atoms with Gasteiger partial charge in [-0.05, 0) is 45.2 Å². The highest BCUT2D eigenvalue weighted by molar-refractivity contribution is 7.92. The van der Waals surface area contributed by atoms with Gasteiger partial charge in [0.2, 0.25) is 10.0 Å². The molecule has 11 heteroatoms. The van der Waals surface area contributed by atoms with Crippen LogP contribution in [0.4, 0.5) is 22.0 Å². The van der Waals surface area contributed by atoms with Gasteiger partial charge in [-0.1, -0.05) is 0 Å². The van der Waals surface area contributed by atoms with E-state index in [4.69, 9.17) is 9.47 Å². The Hall–Kier alpha value is -2.95. The summed E-state index contributed by atoms with van der Waals surface area (Å²) in [6.07, 6.45) is 3.05. The maximum Gasteiger partial charge on any atom is 0.407 e. The smallest absolute Gasteiger partial charge is 0.407 e. The Bertz CT molecular complexity index is 1020. The Morgan fingerprint density at radius 3 is 2.71 bits per heavy atom. The molecule has 1 aliphatic carbocycles. The Labute approximate surface area is 182 Å². The Morgan fingerprint density at radius 1 is 1.26 bits per heavy atom.